The number of esters is 1. The zero-order valence-corrected chi connectivity index (χ0v) is 13.3. The van der Waals surface area contributed by atoms with E-state index in [1.165, 1.54) is 64.2 Å². The van der Waals surface area contributed by atoms with Crippen molar-refractivity contribution in [2.45, 2.75) is 90.4 Å². The second kappa shape index (κ2) is 15.8. The summed E-state index contributed by atoms with van der Waals surface area (Å²) in [5.41, 5.74) is 0. The molecule has 0 amide bonds. The van der Waals surface area contributed by atoms with Gasteiger partial charge in [-0.05, 0) is 6.42 Å². The number of hydrogen-bond acceptors (Lipinski definition) is 2. The van der Waals surface area contributed by atoms with Crippen LogP contribution in [-0.2, 0) is 9.53 Å². The lowest BCUT2D eigenvalue weighted by molar-refractivity contribution is -0.141. The number of halogens is 1. The largest absolute Gasteiger partial charge is 0.449 e. The van der Waals surface area contributed by atoms with Crippen LogP contribution in [0.1, 0.15) is 90.4 Å². The van der Waals surface area contributed by atoms with Crippen molar-refractivity contribution in [3.63, 3.8) is 0 Å². The molecule has 0 bridgehead atoms. The van der Waals surface area contributed by atoms with Crippen LogP contribution in [0.2, 0.25) is 0 Å². The minimum Gasteiger partial charge on any atom is -0.449 e. The van der Waals surface area contributed by atoms with Crippen molar-refractivity contribution in [2.75, 3.05) is 6.07 Å². The summed E-state index contributed by atoms with van der Waals surface area (Å²) in [7, 11) is 0. The van der Waals surface area contributed by atoms with Crippen LogP contribution in [0.5, 0.6) is 0 Å². The van der Waals surface area contributed by atoms with E-state index in [1.807, 2.05) is 0 Å². The summed E-state index contributed by atoms with van der Waals surface area (Å²) < 4.78 is 4.67. The first-order valence-electron chi connectivity index (χ1n) is 8.02. The molecule has 2 nitrogen and oxygen atoms in total. The topological polar surface area (TPSA) is 26.3 Å². The number of alkyl halides is 1. The van der Waals surface area contributed by atoms with Crippen molar-refractivity contribution in [2.24, 2.45) is 0 Å². The number of carbonyl (C=O) groups is 1. The van der Waals surface area contributed by atoms with Gasteiger partial charge in [0.25, 0.3) is 0 Å². The zero-order valence-electron chi connectivity index (χ0n) is 12.6. The Kier molecular flexibility index (Phi) is 15.6. The Hall–Kier alpha value is -0.240. The van der Waals surface area contributed by atoms with Crippen molar-refractivity contribution in [1.82, 2.24) is 0 Å². The highest BCUT2D eigenvalue weighted by Crippen LogP contribution is 2.12. The molecule has 3 heteroatoms. The molecule has 0 aromatic carbocycles. The third-order valence-electron chi connectivity index (χ3n) is 3.45. The predicted octanol–water partition coefficient (Wildman–Crippen LogP) is 5.82. The summed E-state index contributed by atoms with van der Waals surface area (Å²) in [5.74, 6) is -0.165. The Bertz CT molecular complexity index is 195. The first kappa shape index (κ1) is 18.8. The zero-order chi connectivity index (χ0) is 14.2. The fourth-order valence-corrected chi connectivity index (χ4v) is 2.37. The molecule has 0 aliphatic heterocycles. The van der Waals surface area contributed by atoms with Crippen molar-refractivity contribution in [3.05, 3.63) is 0 Å². The Morgan fingerprint density at radius 3 is 1.63 bits per heavy atom. The standard InChI is InChI=1S/C16H31ClO2/c1-2-3-4-5-6-7-8-9-10-11-12-13-14-16(18)19-15-17/h2-15H2,1H3. The molecule has 0 spiro atoms. The lowest BCUT2D eigenvalue weighted by Gasteiger charge is -2.03. The van der Waals surface area contributed by atoms with Crippen LogP contribution < -0.4 is 0 Å². The summed E-state index contributed by atoms with van der Waals surface area (Å²) in [6.07, 6.45) is 16.2. The van der Waals surface area contributed by atoms with Crippen LogP contribution in [0.4, 0.5) is 0 Å². The van der Waals surface area contributed by atoms with Crippen LogP contribution in [0, 0.1) is 0 Å². The molecule has 114 valence electrons. The van der Waals surface area contributed by atoms with Crippen molar-refractivity contribution in [3.8, 4) is 0 Å². The minimum absolute atomic E-state index is 0.0168. The lowest BCUT2D eigenvalue weighted by atomic mass is 10.0. The van der Waals surface area contributed by atoms with E-state index in [4.69, 9.17) is 11.6 Å². The molecule has 0 aromatic heterocycles. The Balaban J connectivity index is 3.01. The Morgan fingerprint density at radius 2 is 1.21 bits per heavy atom. The summed E-state index contributed by atoms with van der Waals surface area (Å²) in [6.45, 7) is 2.26. The van der Waals surface area contributed by atoms with Gasteiger partial charge in [-0.15, -0.1) is 0 Å². The van der Waals surface area contributed by atoms with Gasteiger partial charge in [0.15, 0.2) is 6.07 Å². The molecule has 0 saturated carbocycles. The van der Waals surface area contributed by atoms with Gasteiger partial charge in [0, 0.05) is 6.42 Å². The smallest absolute Gasteiger partial charge is 0.306 e. The fourth-order valence-electron chi connectivity index (χ4n) is 2.24. The number of hydrogen-bond donors (Lipinski definition) is 0. The summed E-state index contributed by atoms with van der Waals surface area (Å²) in [4.78, 5) is 11.0. The maximum atomic E-state index is 11.0. The highest BCUT2D eigenvalue weighted by atomic mass is 35.5. The number of carbonyl (C=O) groups excluding carboxylic acids is 1. The summed E-state index contributed by atoms with van der Waals surface area (Å²) >= 11 is 5.30. The molecular weight excluding hydrogens is 260 g/mol. The highest BCUT2D eigenvalue weighted by Gasteiger charge is 2.00. The van der Waals surface area contributed by atoms with Gasteiger partial charge in [-0.25, -0.2) is 0 Å². The maximum Gasteiger partial charge on any atom is 0.306 e. The molecular formula is C16H31ClO2. The predicted molar refractivity (Wildman–Crippen MR) is 82.5 cm³/mol. The monoisotopic (exact) mass is 290 g/mol. The van der Waals surface area contributed by atoms with E-state index >= 15 is 0 Å². The van der Waals surface area contributed by atoms with Gasteiger partial charge in [0.2, 0.25) is 0 Å². The molecule has 0 N–H and O–H groups in total. The van der Waals surface area contributed by atoms with Crippen molar-refractivity contribution < 1.29 is 9.53 Å². The second-order valence-corrected chi connectivity index (χ2v) is 5.48. The molecule has 0 aliphatic carbocycles. The molecule has 0 radical (unpaired) electrons. The molecule has 0 atom stereocenters. The molecule has 0 saturated heterocycles. The van der Waals surface area contributed by atoms with E-state index in [-0.39, 0.29) is 12.0 Å². The van der Waals surface area contributed by atoms with E-state index < -0.39 is 0 Å². The first-order chi connectivity index (χ1) is 9.31. The average molecular weight is 291 g/mol. The minimum atomic E-state index is -0.165. The first-order valence-corrected chi connectivity index (χ1v) is 8.56. The van der Waals surface area contributed by atoms with Crippen LogP contribution >= 0.6 is 11.6 Å². The SMILES string of the molecule is CCCCCCCCCCCCCCC(=O)OCCl. The van der Waals surface area contributed by atoms with Gasteiger partial charge in [0.1, 0.15) is 0 Å². The number of rotatable bonds is 14. The van der Waals surface area contributed by atoms with Crippen molar-refractivity contribution >= 4 is 17.6 Å². The van der Waals surface area contributed by atoms with E-state index in [0.29, 0.717) is 6.42 Å². The van der Waals surface area contributed by atoms with E-state index in [1.54, 1.807) is 0 Å². The average Bonchev–Trinajstić information content (AvgIpc) is 2.40. The number of unbranched alkanes of at least 4 members (excludes halogenated alkanes) is 11. The fraction of sp³-hybridized carbons (Fsp3) is 0.938. The second-order valence-electron chi connectivity index (χ2n) is 5.26. The number of ether oxygens (including phenoxy) is 1. The van der Waals surface area contributed by atoms with Gasteiger partial charge in [-0.1, -0.05) is 89.2 Å². The molecule has 0 fully saturated rings. The quantitative estimate of drug-likeness (QED) is 0.229. The maximum absolute atomic E-state index is 11.0. The Labute approximate surface area is 124 Å². The van der Waals surface area contributed by atoms with Crippen molar-refractivity contribution in [1.29, 1.82) is 0 Å². The van der Waals surface area contributed by atoms with Crippen LogP contribution in [0.15, 0.2) is 0 Å². The highest BCUT2D eigenvalue weighted by molar-refractivity contribution is 6.17. The van der Waals surface area contributed by atoms with E-state index in [9.17, 15) is 4.79 Å². The molecule has 0 aliphatic rings. The summed E-state index contributed by atoms with van der Waals surface area (Å²) in [5, 5.41) is 0. The van der Waals surface area contributed by atoms with Gasteiger partial charge in [0.05, 0.1) is 0 Å². The summed E-state index contributed by atoms with van der Waals surface area (Å²) in [6, 6.07) is -0.0168. The van der Waals surface area contributed by atoms with Gasteiger partial charge in [-0.2, -0.15) is 0 Å². The van der Waals surface area contributed by atoms with Crippen LogP contribution in [0.3, 0.4) is 0 Å². The van der Waals surface area contributed by atoms with Crippen LogP contribution in [0.25, 0.3) is 0 Å². The normalized spacial score (nSPS) is 10.6. The van der Waals surface area contributed by atoms with Gasteiger partial charge in [-0.3, -0.25) is 4.79 Å². The van der Waals surface area contributed by atoms with E-state index in [0.717, 1.165) is 12.8 Å². The third-order valence-corrected chi connectivity index (χ3v) is 3.56. The molecule has 0 rings (SSSR count). The van der Waals surface area contributed by atoms with E-state index in [2.05, 4.69) is 11.7 Å². The van der Waals surface area contributed by atoms with Gasteiger partial charge >= 0.3 is 5.97 Å². The molecule has 0 heterocycles. The Morgan fingerprint density at radius 1 is 0.789 bits per heavy atom. The van der Waals surface area contributed by atoms with Crippen LogP contribution in [-0.4, -0.2) is 12.0 Å². The van der Waals surface area contributed by atoms with Gasteiger partial charge < -0.3 is 4.74 Å². The lowest BCUT2D eigenvalue weighted by Crippen LogP contribution is -2.01. The molecule has 0 unspecified atom stereocenters. The third kappa shape index (κ3) is 15.7. The molecule has 0 aromatic rings. The molecule has 19 heavy (non-hydrogen) atoms.